The molecule has 0 saturated carbocycles. The molecule has 3 aromatic rings. The molecule has 172 valence electrons. The van der Waals surface area contributed by atoms with Crippen LogP contribution in [0.5, 0.6) is 0 Å². The fourth-order valence-corrected chi connectivity index (χ4v) is 3.67. The molecule has 1 heterocycles. The van der Waals surface area contributed by atoms with E-state index in [0.717, 1.165) is 18.4 Å². The second-order valence-electron chi connectivity index (χ2n) is 7.87. The first-order valence-electron chi connectivity index (χ1n) is 10.9. The molecule has 1 unspecified atom stereocenters. The lowest BCUT2D eigenvalue weighted by Crippen LogP contribution is -2.36. The van der Waals surface area contributed by atoms with E-state index >= 15 is 0 Å². The van der Waals surface area contributed by atoms with Crippen LogP contribution in [0.15, 0.2) is 66.7 Å². The highest BCUT2D eigenvalue weighted by molar-refractivity contribution is 6.31. The number of halogens is 1. The number of amides is 1. The number of aryl methyl sites for hydroxylation is 2. The van der Waals surface area contributed by atoms with E-state index in [-0.39, 0.29) is 18.6 Å². The first-order valence-corrected chi connectivity index (χ1v) is 11.2. The van der Waals surface area contributed by atoms with Gasteiger partial charge in [-0.25, -0.2) is 9.48 Å². The number of carbonyl (C=O) groups excluding carboxylic acids is 2. The zero-order chi connectivity index (χ0) is 23.6. The molecular weight excluding hydrogens is 438 g/mol. The van der Waals surface area contributed by atoms with E-state index < -0.39 is 5.97 Å². The van der Waals surface area contributed by atoms with E-state index in [1.807, 2.05) is 62.4 Å². The number of ether oxygens (including phenoxy) is 1. The molecule has 2 aromatic carbocycles. The van der Waals surface area contributed by atoms with Crippen LogP contribution in [0.2, 0.25) is 5.15 Å². The van der Waals surface area contributed by atoms with Crippen LogP contribution in [0.3, 0.4) is 0 Å². The number of nitrogens with one attached hydrogen (secondary N) is 1. The van der Waals surface area contributed by atoms with Crippen LogP contribution in [-0.2, 0) is 27.3 Å². The normalized spacial score (nSPS) is 12.0. The van der Waals surface area contributed by atoms with Crippen molar-refractivity contribution in [2.75, 3.05) is 6.61 Å². The average Bonchev–Trinajstić information content (AvgIpc) is 3.08. The number of hydrogen-bond acceptors (Lipinski definition) is 4. The molecule has 0 bridgehead atoms. The Bertz CT molecular complexity index is 1090. The minimum Gasteiger partial charge on any atom is -0.452 e. The molecule has 1 amide bonds. The Morgan fingerprint density at radius 3 is 2.39 bits per heavy atom. The Hall–Kier alpha value is -3.38. The highest BCUT2D eigenvalue weighted by Gasteiger charge is 2.13. The average molecular weight is 466 g/mol. The minimum atomic E-state index is -0.617. The molecule has 1 atom stereocenters. The zero-order valence-electron chi connectivity index (χ0n) is 18.8. The fourth-order valence-electron chi connectivity index (χ4n) is 3.37. The van der Waals surface area contributed by atoms with Gasteiger partial charge in [-0.2, -0.15) is 5.10 Å². The van der Waals surface area contributed by atoms with E-state index in [1.165, 1.54) is 11.6 Å². The van der Waals surface area contributed by atoms with E-state index in [1.54, 1.807) is 10.8 Å². The van der Waals surface area contributed by atoms with Crippen molar-refractivity contribution in [2.24, 2.45) is 0 Å². The van der Waals surface area contributed by atoms with E-state index in [2.05, 4.69) is 22.5 Å². The lowest BCUT2D eigenvalue weighted by Gasteiger charge is -2.13. The molecule has 33 heavy (non-hydrogen) atoms. The summed E-state index contributed by atoms with van der Waals surface area (Å²) in [7, 11) is 0. The maximum Gasteiger partial charge on any atom is 0.331 e. The Morgan fingerprint density at radius 2 is 1.73 bits per heavy atom. The standard InChI is InChI=1S/C26H28ClN3O3/c1-19(13-14-21-9-5-3-6-10-21)28-24(31)18-33-25(32)16-15-23-20(2)29-30(26(23)27)17-22-11-7-4-8-12-22/h3-12,15-16,19H,13-14,17-18H2,1-2H3,(H,28,31)/b16-15+. The van der Waals surface area contributed by atoms with E-state index in [9.17, 15) is 9.59 Å². The third-order valence-electron chi connectivity index (χ3n) is 5.13. The topological polar surface area (TPSA) is 73.2 Å². The summed E-state index contributed by atoms with van der Waals surface area (Å²) in [5, 5.41) is 7.73. The zero-order valence-corrected chi connectivity index (χ0v) is 19.6. The van der Waals surface area contributed by atoms with Gasteiger partial charge in [0.15, 0.2) is 6.61 Å². The van der Waals surface area contributed by atoms with Crippen LogP contribution in [0.4, 0.5) is 0 Å². The Labute approximate surface area is 199 Å². The second-order valence-corrected chi connectivity index (χ2v) is 8.23. The SMILES string of the molecule is Cc1nn(Cc2ccccc2)c(Cl)c1/C=C/C(=O)OCC(=O)NC(C)CCc1ccccc1. The smallest absolute Gasteiger partial charge is 0.331 e. The third-order valence-corrected chi connectivity index (χ3v) is 5.53. The molecule has 7 heteroatoms. The third kappa shape index (κ3) is 7.61. The predicted molar refractivity (Wildman–Crippen MR) is 130 cm³/mol. The van der Waals surface area contributed by atoms with Crippen molar-refractivity contribution in [2.45, 2.75) is 39.3 Å². The van der Waals surface area contributed by atoms with Gasteiger partial charge in [-0.15, -0.1) is 0 Å². The van der Waals surface area contributed by atoms with E-state index in [0.29, 0.717) is 23.0 Å². The lowest BCUT2D eigenvalue weighted by molar-refractivity contribution is -0.144. The molecule has 0 aliphatic rings. The fraction of sp³-hybridized carbons (Fsp3) is 0.269. The summed E-state index contributed by atoms with van der Waals surface area (Å²) < 4.78 is 6.75. The van der Waals surface area contributed by atoms with Crippen molar-refractivity contribution < 1.29 is 14.3 Å². The summed E-state index contributed by atoms with van der Waals surface area (Å²) in [4.78, 5) is 24.2. The lowest BCUT2D eigenvalue weighted by atomic mass is 10.1. The molecule has 0 aliphatic carbocycles. The molecule has 3 rings (SSSR count). The summed E-state index contributed by atoms with van der Waals surface area (Å²) in [6, 6.07) is 19.9. The maximum atomic E-state index is 12.1. The highest BCUT2D eigenvalue weighted by atomic mass is 35.5. The Kier molecular flexibility index (Phi) is 8.84. The van der Waals surface area contributed by atoms with Gasteiger partial charge in [-0.1, -0.05) is 72.3 Å². The van der Waals surface area contributed by atoms with Gasteiger partial charge in [-0.3, -0.25) is 4.79 Å². The summed E-state index contributed by atoms with van der Waals surface area (Å²) in [5.74, 6) is -0.949. The quantitative estimate of drug-likeness (QED) is 0.351. The van der Waals surface area contributed by atoms with Crippen LogP contribution in [-0.4, -0.2) is 34.3 Å². The second kappa shape index (κ2) is 12.0. The summed E-state index contributed by atoms with van der Waals surface area (Å²) in [6.45, 7) is 3.95. The molecule has 0 fully saturated rings. The van der Waals surface area contributed by atoms with Crippen LogP contribution in [0.25, 0.3) is 6.08 Å². The number of rotatable bonds is 10. The summed E-state index contributed by atoms with van der Waals surface area (Å²) >= 11 is 6.45. The van der Waals surface area contributed by atoms with Crippen LogP contribution in [0, 0.1) is 6.92 Å². The predicted octanol–water partition coefficient (Wildman–Crippen LogP) is 4.59. The van der Waals surface area contributed by atoms with Crippen molar-refractivity contribution in [1.29, 1.82) is 0 Å². The number of nitrogens with zero attached hydrogens (tertiary/aromatic N) is 2. The molecule has 1 aromatic heterocycles. The van der Waals surface area contributed by atoms with Gasteiger partial charge in [0, 0.05) is 17.7 Å². The molecule has 0 saturated heterocycles. The summed E-state index contributed by atoms with van der Waals surface area (Å²) in [5.41, 5.74) is 3.63. The van der Waals surface area contributed by atoms with Gasteiger partial charge < -0.3 is 10.1 Å². The Morgan fingerprint density at radius 1 is 1.09 bits per heavy atom. The number of hydrogen-bond donors (Lipinski definition) is 1. The van der Waals surface area contributed by atoms with Crippen LogP contribution >= 0.6 is 11.6 Å². The molecule has 0 spiro atoms. The molecule has 0 radical (unpaired) electrons. The number of aromatic nitrogens is 2. The van der Waals surface area contributed by atoms with Crippen molar-refractivity contribution in [3.63, 3.8) is 0 Å². The van der Waals surface area contributed by atoms with Crippen LogP contribution < -0.4 is 5.32 Å². The van der Waals surface area contributed by atoms with Crippen molar-refractivity contribution in [3.05, 3.63) is 94.3 Å². The molecule has 6 nitrogen and oxygen atoms in total. The highest BCUT2D eigenvalue weighted by Crippen LogP contribution is 2.22. The van der Waals surface area contributed by atoms with Crippen molar-refractivity contribution >= 4 is 29.6 Å². The number of benzene rings is 2. The molecular formula is C26H28ClN3O3. The van der Waals surface area contributed by atoms with Gasteiger partial charge in [0.25, 0.3) is 5.91 Å². The van der Waals surface area contributed by atoms with Crippen molar-refractivity contribution in [1.82, 2.24) is 15.1 Å². The van der Waals surface area contributed by atoms with Gasteiger partial charge in [0.2, 0.25) is 0 Å². The van der Waals surface area contributed by atoms with Gasteiger partial charge >= 0.3 is 5.97 Å². The first kappa shape index (κ1) is 24.3. The van der Waals surface area contributed by atoms with Crippen LogP contribution in [0.1, 0.15) is 35.7 Å². The number of carbonyl (C=O) groups is 2. The minimum absolute atomic E-state index is 0.0242. The molecule has 1 N–H and O–H groups in total. The maximum absolute atomic E-state index is 12.1. The monoisotopic (exact) mass is 465 g/mol. The van der Waals surface area contributed by atoms with Crippen molar-refractivity contribution in [3.8, 4) is 0 Å². The van der Waals surface area contributed by atoms with Gasteiger partial charge in [0.05, 0.1) is 12.2 Å². The van der Waals surface area contributed by atoms with Gasteiger partial charge in [0.1, 0.15) is 5.15 Å². The largest absolute Gasteiger partial charge is 0.452 e. The van der Waals surface area contributed by atoms with Gasteiger partial charge in [-0.05, 0) is 43.9 Å². The Balaban J connectivity index is 1.45. The molecule has 0 aliphatic heterocycles. The van der Waals surface area contributed by atoms with E-state index in [4.69, 9.17) is 16.3 Å². The first-order chi connectivity index (χ1) is 15.9. The number of esters is 1. The summed E-state index contributed by atoms with van der Waals surface area (Å²) in [6.07, 6.45) is 4.49.